The fraction of sp³-hybridized carbons (Fsp3) is 0.429. The molecule has 1 aliphatic rings. The highest BCUT2D eigenvalue weighted by Gasteiger charge is 2.37. The van der Waals surface area contributed by atoms with Gasteiger partial charge >= 0.3 is 5.97 Å². The van der Waals surface area contributed by atoms with Crippen molar-refractivity contribution in [2.75, 3.05) is 12.4 Å². The fourth-order valence-corrected chi connectivity index (χ4v) is 3.07. The first-order valence-corrected chi connectivity index (χ1v) is 7.67. The average molecular weight is 361 g/mol. The van der Waals surface area contributed by atoms with Crippen molar-refractivity contribution in [1.29, 1.82) is 0 Å². The Morgan fingerprint density at radius 2 is 2.20 bits per heavy atom. The lowest BCUT2D eigenvalue weighted by Crippen LogP contribution is -2.43. The number of nitrogens with zero attached hydrogens (tertiary/aromatic N) is 1. The number of aliphatic carboxylic acids is 1. The number of carbonyl (C=O) groups is 2. The van der Waals surface area contributed by atoms with E-state index in [1.807, 2.05) is 24.3 Å². The Labute approximate surface area is 130 Å². The van der Waals surface area contributed by atoms with Crippen LogP contribution in [0.25, 0.3) is 0 Å². The molecule has 0 spiro atoms. The summed E-state index contributed by atoms with van der Waals surface area (Å²) in [7, 11) is 0. The molecule has 1 unspecified atom stereocenters. The van der Waals surface area contributed by atoms with E-state index in [1.165, 1.54) is 4.90 Å². The summed E-state index contributed by atoms with van der Waals surface area (Å²) in [5, 5.41) is 9.42. The first kappa shape index (κ1) is 15.3. The van der Waals surface area contributed by atoms with E-state index >= 15 is 0 Å². The van der Waals surface area contributed by atoms with Crippen LogP contribution in [0.2, 0.25) is 0 Å². The summed E-state index contributed by atoms with van der Waals surface area (Å²) >= 11 is 9.18. The number of carboxylic acids is 1. The lowest BCUT2D eigenvalue weighted by molar-refractivity contribution is -0.148. The van der Waals surface area contributed by atoms with Crippen LogP contribution >= 0.6 is 27.5 Å². The molecule has 0 aliphatic carbocycles. The van der Waals surface area contributed by atoms with Gasteiger partial charge in [-0.1, -0.05) is 34.1 Å². The Morgan fingerprint density at radius 1 is 1.50 bits per heavy atom. The molecule has 0 aromatic heterocycles. The Hall–Kier alpha value is -1.07. The normalized spacial score (nSPS) is 20.2. The minimum Gasteiger partial charge on any atom is -0.480 e. The topological polar surface area (TPSA) is 57.6 Å². The highest BCUT2D eigenvalue weighted by atomic mass is 79.9. The van der Waals surface area contributed by atoms with Crippen LogP contribution in [0.4, 0.5) is 0 Å². The van der Waals surface area contributed by atoms with Gasteiger partial charge in [-0.25, -0.2) is 4.79 Å². The lowest BCUT2D eigenvalue weighted by atomic mass is 10.0. The van der Waals surface area contributed by atoms with E-state index in [-0.39, 0.29) is 18.2 Å². The smallest absolute Gasteiger partial charge is 0.326 e. The van der Waals surface area contributed by atoms with Crippen molar-refractivity contribution in [3.63, 3.8) is 0 Å². The molecule has 1 aromatic carbocycles. The number of amides is 1. The van der Waals surface area contributed by atoms with Gasteiger partial charge in [-0.2, -0.15) is 0 Å². The van der Waals surface area contributed by atoms with Crippen molar-refractivity contribution >= 4 is 39.4 Å². The summed E-state index contributed by atoms with van der Waals surface area (Å²) in [6.07, 6.45) is 0.626. The van der Waals surface area contributed by atoms with E-state index in [9.17, 15) is 14.7 Å². The number of benzene rings is 1. The summed E-state index contributed by atoms with van der Waals surface area (Å²) in [4.78, 5) is 24.9. The lowest BCUT2D eigenvalue weighted by Gasteiger charge is -2.25. The van der Waals surface area contributed by atoms with Crippen LogP contribution in [0.15, 0.2) is 28.7 Å². The van der Waals surface area contributed by atoms with Gasteiger partial charge in [0.05, 0.1) is 0 Å². The van der Waals surface area contributed by atoms with Gasteiger partial charge in [0.25, 0.3) is 0 Å². The van der Waals surface area contributed by atoms with Crippen molar-refractivity contribution in [3.05, 3.63) is 34.3 Å². The van der Waals surface area contributed by atoms with Crippen LogP contribution < -0.4 is 0 Å². The number of hydrogen-bond donors (Lipinski definition) is 1. The van der Waals surface area contributed by atoms with Gasteiger partial charge in [-0.05, 0) is 17.5 Å². The molecule has 0 bridgehead atoms. The SMILES string of the molecule is O=C(O)[C@H](Cc1ccccc1Br)N1CC(CCl)CC1=O. The number of carbonyl (C=O) groups excluding carboxylic acids is 1. The molecule has 1 heterocycles. The monoisotopic (exact) mass is 359 g/mol. The summed E-state index contributed by atoms with van der Waals surface area (Å²) in [6, 6.07) is 6.61. The van der Waals surface area contributed by atoms with Gasteiger partial charge in [-0.15, -0.1) is 11.6 Å². The zero-order valence-electron chi connectivity index (χ0n) is 10.8. The third kappa shape index (κ3) is 3.33. The summed E-state index contributed by atoms with van der Waals surface area (Å²) in [6.45, 7) is 0.420. The molecule has 6 heteroatoms. The van der Waals surface area contributed by atoms with Crippen molar-refractivity contribution in [2.24, 2.45) is 5.92 Å². The first-order chi connectivity index (χ1) is 9.52. The molecular formula is C14H15BrClNO3. The molecule has 1 aromatic rings. The molecule has 1 saturated heterocycles. The molecule has 4 nitrogen and oxygen atoms in total. The van der Waals surface area contributed by atoms with Gasteiger partial charge in [0.15, 0.2) is 0 Å². The quantitative estimate of drug-likeness (QED) is 0.821. The second kappa shape index (κ2) is 6.59. The third-order valence-electron chi connectivity index (χ3n) is 3.49. The first-order valence-electron chi connectivity index (χ1n) is 6.34. The van der Waals surface area contributed by atoms with Crippen molar-refractivity contribution in [2.45, 2.75) is 18.9 Å². The molecule has 0 radical (unpaired) electrons. The van der Waals surface area contributed by atoms with E-state index in [4.69, 9.17) is 11.6 Å². The molecule has 1 aliphatic heterocycles. The highest BCUT2D eigenvalue weighted by molar-refractivity contribution is 9.10. The molecule has 1 N–H and O–H groups in total. The molecule has 1 fully saturated rings. The van der Waals surface area contributed by atoms with Crippen LogP contribution in [-0.4, -0.2) is 40.3 Å². The summed E-state index contributed by atoms with van der Waals surface area (Å²) < 4.78 is 0.854. The second-order valence-corrected chi connectivity index (χ2v) is 6.08. The van der Waals surface area contributed by atoms with Gasteiger partial charge in [-0.3, -0.25) is 4.79 Å². The number of likely N-dealkylation sites (tertiary alicyclic amines) is 1. The predicted molar refractivity (Wildman–Crippen MR) is 79.8 cm³/mol. The van der Waals surface area contributed by atoms with E-state index in [1.54, 1.807) is 0 Å². The standard InChI is InChI=1S/C14H15BrClNO3/c15-11-4-2-1-3-10(11)6-12(14(19)20)17-8-9(7-16)5-13(17)18/h1-4,9,12H,5-8H2,(H,19,20)/t9?,12-/m0/s1. The largest absolute Gasteiger partial charge is 0.480 e. The molecular weight excluding hydrogens is 346 g/mol. The maximum atomic E-state index is 12.0. The fourth-order valence-electron chi connectivity index (χ4n) is 2.42. The van der Waals surface area contributed by atoms with Crippen molar-refractivity contribution in [1.82, 2.24) is 4.90 Å². The zero-order chi connectivity index (χ0) is 14.7. The van der Waals surface area contributed by atoms with Crippen molar-refractivity contribution < 1.29 is 14.7 Å². The predicted octanol–water partition coefficient (Wildman–Crippen LogP) is 2.53. The van der Waals surface area contributed by atoms with Gasteiger partial charge < -0.3 is 10.0 Å². The molecule has 1 amide bonds. The Bertz CT molecular complexity index is 523. The van der Waals surface area contributed by atoms with Crippen LogP contribution in [-0.2, 0) is 16.0 Å². The van der Waals surface area contributed by atoms with Crippen LogP contribution in [0.3, 0.4) is 0 Å². The molecule has 0 saturated carbocycles. The van der Waals surface area contributed by atoms with Gasteiger partial charge in [0.1, 0.15) is 6.04 Å². The van der Waals surface area contributed by atoms with E-state index < -0.39 is 12.0 Å². The average Bonchev–Trinajstić information content (AvgIpc) is 2.78. The summed E-state index contributed by atoms with van der Waals surface area (Å²) in [5.74, 6) is -0.687. The van der Waals surface area contributed by atoms with Crippen LogP contribution in [0, 0.1) is 5.92 Å². The van der Waals surface area contributed by atoms with E-state index in [0.29, 0.717) is 18.8 Å². The molecule has 2 atom stereocenters. The Morgan fingerprint density at radius 3 is 2.75 bits per heavy atom. The number of carboxylic acid groups (broad SMARTS) is 1. The number of hydrogen-bond acceptors (Lipinski definition) is 2. The van der Waals surface area contributed by atoms with Crippen molar-refractivity contribution in [3.8, 4) is 0 Å². The minimum absolute atomic E-state index is 0.0465. The summed E-state index contributed by atoms with van der Waals surface area (Å²) in [5.41, 5.74) is 0.877. The number of alkyl halides is 1. The second-order valence-electron chi connectivity index (χ2n) is 4.92. The molecule has 2 rings (SSSR count). The minimum atomic E-state index is -0.982. The molecule has 20 heavy (non-hydrogen) atoms. The van der Waals surface area contributed by atoms with E-state index in [2.05, 4.69) is 15.9 Å². The maximum Gasteiger partial charge on any atom is 0.326 e. The number of rotatable bonds is 5. The van der Waals surface area contributed by atoms with E-state index in [0.717, 1.165) is 10.0 Å². The van der Waals surface area contributed by atoms with Gasteiger partial charge in [0.2, 0.25) is 5.91 Å². The molecule has 108 valence electrons. The maximum absolute atomic E-state index is 12.0. The van der Waals surface area contributed by atoms with Gasteiger partial charge in [0, 0.05) is 29.7 Å². The Kier molecular flexibility index (Phi) is 5.05. The Balaban J connectivity index is 2.18. The van der Waals surface area contributed by atoms with Crippen LogP contribution in [0.1, 0.15) is 12.0 Å². The number of halogens is 2. The third-order valence-corrected chi connectivity index (χ3v) is 4.70. The zero-order valence-corrected chi connectivity index (χ0v) is 13.1. The highest BCUT2D eigenvalue weighted by Crippen LogP contribution is 2.25. The van der Waals surface area contributed by atoms with Crippen LogP contribution in [0.5, 0.6) is 0 Å².